The predicted octanol–water partition coefficient (Wildman–Crippen LogP) is 4.53. The third kappa shape index (κ3) is 3.12. The third-order valence-corrected chi connectivity index (χ3v) is 3.92. The van der Waals surface area contributed by atoms with E-state index in [1.54, 1.807) is 7.11 Å². The lowest BCUT2D eigenvalue weighted by Gasteiger charge is -2.20. The van der Waals surface area contributed by atoms with Crippen molar-refractivity contribution < 1.29 is 4.74 Å². The molecule has 0 radical (unpaired) electrons. The number of hydrogen-bond acceptors (Lipinski definition) is 2. The van der Waals surface area contributed by atoms with Crippen LogP contribution in [0.2, 0.25) is 0 Å². The molecule has 0 saturated carbocycles. The van der Waals surface area contributed by atoms with Gasteiger partial charge in [-0.1, -0.05) is 29.3 Å². The number of ether oxygens (including phenoxy) is 1. The van der Waals surface area contributed by atoms with Gasteiger partial charge in [-0.2, -0.15) is 0 Å². The number of benzene rings is 1. The molecule has 19 heavy (non-hydrogen) atoms. The van der Waals surface area contributed by atoms with Crippen LogP contribution >= 0.6 is 27.5 Å². The first-order valence-electron chi connectivity index (χ1n) is 6.42. The van der Waals surface area contributed by atoms with Crippen molar-refractivity contribution in [3.8, 4) is 0 Å². The van der Waals surface area contributed by atoms with Gasteiger partial charge in [-0.15, -0.1) is 11.6 Å². The maximum atomic E-state index is 6.05. The van der Waals surface area contributed by atoms with Crippen molar-refractivity contribution in [1.29, 1.82) is 0 Å². The van der Waals surface area contributed by atoms with Crippen molar-refractivity contribution in [3.05, 3.63) is 28.5 Å². The van der Waals surface area contributed by atoms with Crippen molar-refractivity contribution in [2.75, 3.05) is 13.7 Å². The van der Waals surface area contributed by atoms with Gasteiger partial charge in [-0.05, 0) is 24.6 Å². The Hall–Kier alpha value is -0.580. The molecule has 0 aliphatic rings. The number of fused-ring (bicyclic) bond motifs is 1. The average Bonchev–Trinajstić information content (AvgIpc) is 2.75. The molecule has 0 N–H and O–H groups in total. The summed E-state index contributed by atoms with van der Waals surface area (Å²) in [6.07, 6.45) is 2.16. The molecule has 5 heteroatoms. The summed E-state index contributed by atoms with van der Waals surface area (Å²) in [5, 5.41) is 0. The third-order valence-electron chi connectivity index (χ3n) is 3.19. The Morgan fingerprint density at radius 2 is 2.26 bits per heavy atom. The minimum Gasteiger partial charge on any atom is -0.383 e. The molecule has 1 heterocycles. The normalized spacial score (nSPS) is 13.1. The zero-order valence-corrected chi connectivity index (χ0v) is 13.5. The largest absolute Gasteiger partial charge is 0.383 e. The van der Waals surface area contributed by atoms with Crippen LogP contribution in [0.3, 0.4) is 0 Å². The highest BCUT2D eigenvalue weighted by Gasteiger charge is 2.18. The molecule has 1 aromatic heterocycles. The molecule has 0 bridgehead atoms. The summed E-state index contributed by atoms with van der Waals surface area (Å²) in [6, 6.07) is 6.43. The van der Waals surface area contributed by atoms with Crippen LogP contribution < -0.4 is 0 Å². The molecule has 0 aliphatic carbocycles. The fourth-order valence-electron chi connectivity index (χ4n) is 2.44. The fraction of sp³-hybridized carbons (Fsp3) is 0.500. The van der Waals surface area contributed by atoms with Gasteiger partial charge in [0.2, 0.25) is 0 Å². The quantitative estimate of drug-likeness (QED) is 0.719. The molecule has 0 fully saturated rings. The van der Waals surface area contributed by atoms with E-state index in [0.717, 1.165) is 34.2 Å². The number of alkyl halides is 1. The smallest absolute Gasteiger partial charge is 0.125 e. The fourth-order valence-corrected chi connectivity index (χ4v) is 2.97. The summed E-state index contributed by atoms with van der Waals surface area (Å²) in [6.45, 7) is 2.86. The summed E-state index contributed by atoms with van der Waals surface area (Å²) in [5.41, 5.74) is 2.09. The molecular weight excluding hydrogens is 328 g/mol. The van der Waals surface area contributed by atoms with Gasteiger partial charge in [-0.25, -0.2) is 4.98 Å². The van der Waals surface area contributed by atoms with Crippen LogP contribution in [0.25, 0.3) is 11.0 Å². The number of halogens is 2. The zero-order chi connectivity index (χ0) is 13.8. The maximum Gasteiger partial charge on any atom is 0.125 e. The Balaban J connectivity index is 2.54. The number of rotatable bonds is 6. The molecule has 0 aliphatic heterocycles. The number of nitrogens with zero attached hydrogens (tertiary/aromatic N) is 2. The van der Waals surface area contributed by atoms with Gasteiger partial charge < -0.3 is 9.30 Å². The highest BCUT2D eigenvalue weighted by Crippen LogP contribution is 2.27. The zero-order valence-electron chi connectivity index (χ0n) is 11.2. The van der Waals surface area contributed by atoms with Crippen molar-refractivity contribution in [2.45, 2.75) is 31.7 Å². The van der Waals surface area contributed by atoms with Crippen LogP contribution in [-0.2, 0) is 10.6 Å². The van der Waals surface area contributed by atoms with Gasteiger partial charge in [0.25, 0.3) is 0 Å². The van der Waals surface area contributed by atoms with Crippen molar-refractivity contribution in [2.24, 2.45) is 0 Å². The van der Waals surface area contributed by atoms with E-state index in [9.17, 15) is 0 Å². The Kier molecular flexibility index (Phi) is 5.25. The SMILES string of the molecule is CCCC(COC)n1c(CCl)nc2cc(Br)ccc21. The lowest BCUT2D eigenvalue weighted by molar-refractivity contribution is 0.151. The molecule has 2 rings (SSSR count). The van der Waals surface area contributed by atoms with E-state index in [4.69, 9.17) is 16.3 Å². The predicted molar refractivity (Wildman–Crippen MR) is 82.8 cm³/mol. The maximum absolute atomic E-state index is 6.05. The van der Waals surface area contributed by atoms with E-state index in [1.807, 2.05) is 12.1 Å². The number of aromatic nitrogens is 2. The van der Waals surface area contributed by atoms with Gasteiger partial charge in [0.1, 0.15) is 5.82 Å². The van der Waals surface area contributed by atoms with Crippen LogP contribution in [0.1, 0.15) is 31.6 Å². The minimum atomic E-state index is 0.287. The van der Waals surface area contributed by atoms with E-state index < -0.39 is 0 Å². The molecule has 0 amide bonds. The van der Waals surface area contributed by atoms with Gasteiger partial charge in [0.15, 0.2) is 0 Å². The average molecular weight is 346 g/mol. The molecule has 1 aromatic carbocycles. The van der Waals surface area contributed by atoms with Crippen LogP contribution in [0.5, 0.6) is 0 Å². The first-order valence-corrected chi connectivity index (χ1v) is 7.75. The summed E-state index contributed by atoms with van der Waals surface area (Å²) in [5.74, 6) is 1.32. The number of methoxy groups -OCH3 is 1. The molecule has 0 saturated heterocycles. The first-order chi connectivity index (χ1) is 9.21. The summed E-state index contributed by atoms with van der Waals surface area (Å²) >= 11 is 9.53. The van der Waals surface area contributed by atoms with Gasteiger partial charge in [0, 0.05) is 11.6 Å². The van der Waals surface area contributed by atoms with Crippen LogP contribution in [0.4, 0.5) is 0 Å². The Bertz CT molecular complexity index is 550. The van der Waals surface area contributed by atoms with Crippen LogP contribution in [0.15, 0.2) is 22.7 Å². The Morgan fingerprint density at radius 3 is 2.89 bits per heavy atom. The van der Waals surface area contributed by atoms with E-state index in [1.165, 1.54) is 0 Å². The summed E-state index contributed by atoms with van der Waals surface area (Å²) < 4.78 is 8.61. The standard InChI is InChI=1S/C14H18BrClN2O/c1-3-4-11(9-19-2)18-13-6-5-10(15)7-12(13)17-14(18)8-16/h5-7,11H,3-4,8-9H2,1-2H3. The van der Waals surface area contributed by atoms with Crippen LogP contribution in [-0.4, -0.2) is 23.3 Å². The summed E-state index contributed by atoms with van der Waals surface area (Å²) in [4.78, 5) is 4.62. The molecular formula is C14H18BrClN2O. The van der Waals surface area contributed by atoms with E-state index >= 15 is 0 Å². The van der Waals surface area contributed by atoms with Crippen molar-refractivity contribution >= 4 is 38.6 Å². The second-order valence-electron chi connectivity index (χ2n) is 4.56. The second kappa shape index (κ2) is 6.73. The summed E-state index contributed by atoms with van der Waals surface area (Å²) in [7, 11) is 1.73. The van der Waals surface area contributed by atoms with Crippen molar-refractivity contribution in [3.63, 3.8) is 0 Å². The molecule has 2 aromatic rings. The molecule has 104 valence electrons. The molecule has 1 atom stereocenters. The topological polar surface area (TPSA) is 27.1 Å². The van der Waals surface area contributed by atoms with E-state index in [-0.39, 0.29) is 6.04 Å². The van der Waals surface area contributed by atoms with Gasteiger partial charge in [-0.3, -0.25) is 0 Å². The molecule has 1 unspecified atom stereocenters. The number of hydrogen-bond donors (Lipinski definition) is 0. The molecule has 3 nitrogen and oxygen atoms in total. The van der Waals surface area contributed by atoms with E-state index in [0.29, 0.717) is 12.5 Å². The lowest BCUT2D eigenvalue weighted by atomic mass is 10.1. The van der Waals surface area contributed by atoms with Crippen molar-refractivity contribution in [1.82, 2.24) is 9.55 Å². The second-order valence-corrected chi connectivity index (χ2v) is 5.75. The Labute approximate surface area is 127 Å². The minimum absolute atomic E-state index is 0.287. The monoisotopic (exact) mass is 344 g/mol. The highest BCUT2D eigenvalue weighted by atomic mass is 79.9. The van der Waals surface area contributed by atoms with Crippen LogP contribution in [0, 0.1) is 0 Å². The van der Waals surface area contributed by atoms with E-state index in [2.05, 4.69) is 38.5 Å². The van der Waals surface area contributed by atoms with Gasteiger partial charge >= 0.3 is 0 Å². The number of imidazole rings is 1. The lowest BCUT2D eigenvalue weighted by Crippen LogP contribution is -2.16. The first kappa shape index (κ1) is 14.8. The Morgan fingerprint density at radius 1 is 1.47 bits per heavy atom. The molecule has 0 spiro atoms. The van der Waals surface area contributed by atoms with Gasteiger partial charge in [0.05, 0.1) is 29.6 Å². The highest BCUT2D eigenvalue weighted by molar-refractivity contribution is 9.10.